The fourth-order valence-corrected chi connectivity index (χ4v) is 2.79. The molecule has 0 nitrogen and oxygen atoms in total. The Labute approximate surface area is 108 Å². The van der Waals surface area contributed by atoms with Gasteiger partial charge in [-0.1, -0.05) is 0 Å². The molecule has 0 aromatic rings. The average molecular weight is 342 g/mol. The molecule has 0 N–H and O–H groups in total. The summed E-state index contributed by atoms with van der Waals surface area (Å²) >= 11 is 19.0. The molecule has 0 aliphatic heterocycles. The number of hydrogen-bond acceptors (Lipinski definition) is 0. The van der Waals surface area contributed by atoms with Crippen molar-refractivity contribution in [2.75, 3.05) is 0 Å². The zero-order chi connectivity index (χ0) is 8.48. The van der Waals surface area contributed by atoms with Crippen molar-refractivity contribution in [2.24, 2.45) is 0 Å². The van der Waals surface area contributed by atoms with E-state index in [2.05, 4.69) is 0 Å². The van der Waals surface area contributed by atoms with Gasteiger partial charge < -0.3 is 17.0 Å². The predicted molar refractivity (Wildman–Crippen MR) is 45.9 cm³/mol. The molecule has 1 atom stereocenters. The Morgan fingerprint density at radius 3 is 2.50 bits per heavy atom. The van der Waals surface area contributed by atoms with Gasteiger partial charge in [0.1, 0.15) is 0 Å². The van der Waals surface area contributed by atoms with Crippen LogP contribution in [0.15, 0.2) is 22.2 Å². The van der Waals surface area contributed by atoms with Crippen LogP contribution in [0.3, 0.4) is 0 Å². The minimum Gasteiger partial charge on any atom is -1.00 e. The second-order valence-corrected chi connectivity index (χ2v) is 5.31. The van der Waals surface area contributed by atoms with Crippen LogP contribution < -0.4 is 17.0 Å². The van der Waals surface area contributed by atoms with Gasteiger partial charge in [0, 0.05) is 0 Å². The molecule has 1 unspecified atom stereocenters. The SMILES string of the molecule is ClC1=CC(Cl)([CH2][Zn+])CC(Cl)=C1.[Br-]. The molecule has 0 aromatic heterocycles. The van der Waals surface area contributed by atoms with Crippen LogP contribution in [0.4, 0.5) is 0 Å². The summed E-state index contributed by atoms with van der Waals surface area (Å²) in [7, 11) is 0. The summed E-state index contributed by atoms with van der Waals surface area (Å²) in [6.45, 7) is 0. The van der Waals surface area contributed by atoms with Gasteiger partial charge in [-0.2, -0.15) is 0 Å². The van der Waals surface area contributed by atoms with Crippen LogP contribution in [0.1, 0.15) is 6.42 Å². The number of hydrogen-bond donors (Lipinski definition) is 0. The quantitative estimate of drug-likeness (QED) is 0.483. The van der Waals surface area contributed by atoms with E-state index in [1.165, 1.54) is 0 Å². The molecule has 0 radical (unpaired) electrons. The molecular formula is C7H6BrCl3Zn. The molecule has 0 spiro atoms. The molecule has 0 heterocycles. The van der Waals surface area contributed by atoms with Crippen LogP contribution in [0.5, 0.6) is 0 Å². The van der Waals surface area contributed by atoms with Crippen molar-refractivity contribution in [1.29, 1.82) is 0 Å². The number of halogens is 4. The second kappa shape index (κ2) is 5.36. The summed E-state index contributed by atoms with van der Waals surface area (Å²) in [5.74, 6) is 0. The van der Waals surface area contributed by atoms with E-state index in [9.17, 15) is 0 Å². The van der Waals surface area contributed by atoms with Gasteiger partial charge in [-0.3, -0.25) is 0 Å². The van der Waals surface area contributed by atoms with Crippen molar-refractivity contribution in [3.63, 3.8) is 0 Å². The summed E-state index contributed by atoms with van der Waals surface area (Å²) in [6, 6.07) is 0. The first-order valence-corrected chi connectivity index (χ1v) is 6.51. The van der Waals surface area contributed by atoms with E-state index in [0.717, 1.165) is 28.3 Å². The van der Waals surface area contributed by atoms with Crippen LogP contribution in [0, 0.1) is 0 Å². The normalized spacial score (nSPS) is 28.8. The van der Waals surface area contributed by atoms with Crippen molar-refractivity contribution in [1.82, 2.24) is 0 Å². The number of alkyl halides is 1. The van der Waals surface area contributed by atoms with E-state index < -0.39 is 0 Å². The Hall–Kier alpha value is 1.45. The second-order valence-electron chi connectivity index (χ2n) is 2.58. The third-order valence-electron chi connectivity index (χ3n) is 1.57. The van der Waals surface area contributed by atoms with E-state index >= 15 is 0 Å². The Bertz CT molecular complexity index is 227. The summed E-state index contributed by atoms with van der Waals surface area (Å²) in [5.41, 5.74) is 0. The molecule has 12 heavy (non-hydrogen) atoms. The van der Waals surface area contributed by atoms with E-state index in [1.54, 1.807) is 6.08 Å². The monoisotopic (exact) mass is 338 g/mol. The standard InChI is InChI=1S/C7H6Cl3.BrH.Zn/c1-7(10)3-5(8)2-6(9)4-7;;/h2-3H,1,4H2;1H;/q;;+1/p-1. The van der Waals surface area contributed by atoms with Gasteiger partial charge >= 0.3 is 91.6 Å². The molecule has 0 bridgehead atoms. The first-order chi connectivity index (χ1) is 5.06. The summed E-state index contributed by atoms with van der Waals surface area (Å²) < 4.78 is 0. The van der Waals surface area contributed by atoms with Gasteiger partial charge in [-0.15, -0.1) is 0 Å². The van der Waals surface area contributed by atoms with E-state index in [0.29, 0.717) is 11.5 Å². The van der Waals surface area contributed by atoms with Gasteiger partial charge in [0.15, 0.2) is 0 Å². The van der Waals surface area contributed by atoms with Gasteiger partial charge in [-0.25, -0.2) is 0 Å². The molecule has 0 fully saturated rings. The van der Waals surface area contributed by atoms with Gasteiger partial charge in [0.25, 0.3) is 0 Å². The van der Waals surface area contributed by atoms with Gasteiger partial charge in [-0.05, 0) is 0 Å². The largest absolute Gasteiger partial charge is 1.00 e. The third kappa shape index (κ3) is 3.68. The third-order valence-corrected chi connectivity index (χ3v) is 5.00. The van der Waals surface area contributed by atoms with E-state index in [4.69, 9.17) is 34.8 Å². The Kier molecular flexibility index (Phi) is 6.01. The maximum absolute atomic E-state index is 6.19. The predicted octanol–water partition coefficient (Wildman–Crippen LogP) is 0.582. The summed E-state index contributed by atoms with van der Waals surface area (Å²) in [4.78, 5) is -0.303. The number of rotatable bonds is 1. The van der Waals surface area contributed by atoms with Crippen LogP contribution in [0.25, 0.3) is 0 Å². The maximum Gasteiger partial charge on any atom is -1.00 e. The first kappa shape index (κ1) is 13.5. The molecule has 0 saturated heterocycles. The molecule has 1 aliphatic carbocycles. The minimum absolute atomic E-state index is 0. The van der Waals surface area contributed by atoms with Crippen molar-refractivity contribution in [3.05, 3.63) is 22.2 Å². The molecule has 1 rings (SSSR count). The Balaban J connectivity index is 0.00000121. The minimum atomic E-state index is -0.303. The Morgan fingerprint density at radius 2 is 2.08 bits per heavy atom. The molecule has 64 valence electrons. The topological polar surface area (TPSA) is 0 Å². The number of allylic oxidation sites excluding steroid dienone is 4. The fraction of sp³-hybridized carbons (Fsp3) is 0.429. The smallest absolute Gasteiger partial charge is 1.00 e. The maximum atomic E-state index is 6.19. The molecule has 0 saturated carbocycles. The van der Waals surface area contributed by atoms with Crippen molar-refractivity contribution in [2.45, 2.75) is 16.3 Å². The summed E-state index contributed by atoms with van der Waals surface area (Å²) in [6.07, 6.45) is 4.34. The van der Waals surface area contributed by atoms with E-state index in [1.807, 2.05) is 6.08 Å². The van der Waals surface area contributed by atoms with Crippen molar-refractivity contribution < 1.29 is 35.3 Å². The van der Waals surface area contributed by atoms with Crippen LogP contribution in [-0.2, 0) is 18.3 Å². The van der Waals surface area contributed by atoms with E-state index in [-0.39, 0.29) is 21.9 Å². The molecular weight excluding hydrogens is 336 g/mol. The molecule has 1 aliphatic rings. The summed E-state index contributed by atoms with van der Waals surface area (Å²) in [5, 5.41) is 2.38. The fourth-order valence-electron chi connectivity index (χ4n) is 0.982. The van der Waals surface area contributed by atoms with Crippen LogP contribution in [-0.4, -0.2) is 4.87 Å². The van der Waals surface area contributed by atoms with Crippen LogP contribution in [0.2, 0.25) is 5.02 Å². The van der Waals surface area contributed by atoms with Crippen molar-refractivity contribution >= 4 is 34.8 Å². The average Bonchev–Trinajstić information content (AvgIpc) is 1.84. The first-order valence-electron chi connectivity index (χ1n) is 3.28. The zero-order valence-electron chi connectivity index (χ0n) is 6.29. The molecule has 0 amide bonds. The zero-order valence-corrected chi connectivity index (χ0v) is 13.1. The van der Waals surface area contributed by atoms with Gasteiger partial charge in [0.2, 0.25) is 0 Å². The molecule has 5 heteroatoms. The Morgan fingerprint density at radius 1 is 1.50 bits per heavy atom. The molecule has 0 aromatic carbocycles. The van der Waals surface area contributed by atoms with Crippen LogP contribution >= 0.6 is 34.8 Å². The van der Waals surface area contributed by atoms with Gasteiger partial charge in [0.05, 0.1) is 0 Å². The van der Waals surface area contributed by atoms with Crippen molar-refractivity contribution in [3.8, 4) is 0 Å².